The first-order valence-electron chi connectivity index (χ1n) is 7.52. The van der Waals surface area contributed by atoms with Gasteiger partial charge in [0.15, 0.2) is 0 Å². The van der Waals surface area contributed by atoms with E-state index >= 15 is 0 Å². The summed E-state index contributed by atoms with van der Waals surface area (Å²) in [5.74, 6) is 6.53. The lowest BCUT2D eigenvalue weighted by molar-refractivity contribution is -0.147. The molecular formula is C16H21NO6S2. The molecule has 25 heavy (non-hydrogen) atoms. The molecule has 0 radical (unpaired) electrons. The van der Waals surface area contributed by atoms with Crippen molar-refractivity contribution in [3.63, 3.8) is 0 Å². The van der Waals surface area contributed by atoms with E-state index in [2.05, 4.69) is 16.7 Å². The number of aliphatic hydroxyl groups is 1. The molecule has 0 fully saturated rings. The molecule has 7 nitrogen and oxygen atoms in total. The number of carbonyl (C=O) groups excluding carboxylic acids is 1. The van der Waals surface area contributed by atoms with Crippen molar-refractivity contribution in [1.29, 1.82) is 0 Å². The van der Waals surface area contributed by atoms with E-state index in [9.17, 15) is 13.2 Å². The Morgan fingerprint density at radius 2 is 2.00 bits per heavy atom. The van der Waals surface area contributed by atoms with Crippen LogP contribution in [0.5, 0.6) is 5.75 Å². The average Bonchev–Trinajstić information content (AvgIpc) is 2.60. The van der Waals surface area contributed by atoms with Crippen LogP contribution in [0.25, 0.3) is 0 Å². The van der Waals surface area contributed by atoms with Crippen molar-refractivity contribution in [3.05, 3.63) is 24.3 Å². The predicted octanol–water partition coefficient (Wildman–Crippen LogP) is 1.33. The highest BCUT2D eigenvalue weighted by Crippen LogP contribution is 2.16. The van der Waals surface area contributed by atoms with Gasteiger partial charge in [-0.05, 0) is 48.2 Å². The molecule has 2 N–H and O–H groups in total. The van der Waals surface area contributed by atoms with Gasteiger partial charge in [0, 0.05) is 12.2 Å². The zero-order chi connectivity index (χ0) is 18.5. The number of hydrogen-bond acceptors (Lipinski definition) is 7. The number of benzene rings is 1. The number of carbonyl (C=O) groups is 1. The van der Waals surface area contributed by atoms with E-state index in [4.69, 9.17) is 9.84 Å². The molecule has 0 amide bonds. The summed E-state index contributed by atoms with van der Waals surface area (Å²) < 4.78 is 29.4. The Morgan fingerprint density at radius 3 is 2.64 bits per heavy atom. The van der Waals surface area contributed by atoms with Crippen LogP contribution >= 0.6 is 11.8 Å². The molecule has 0 bridgehead atoms. The number of hydrogen-bond donors (Lipinski definition) is 2. The van der Waals surface area contributed by atoms with E-state index in [0.29, 0.717) is 23.7 Å². The van der Waals surface area contributed by atoms with Gasteiger partial charge < -0.3 is 14.7 Å². The lowest BCUT2D eigenvalue weighted by Gasteiger charge is -2.08. The molecule has 138 valence electrons. The fraction of sp³-hybridized carbons (Fsp3) is 0.438. The quantitative estimate of drug-likeness (QED) is 0.335. The molecule has 0 saturated heterocycles. The van der Waals surface area contributed by atoms with Crippen LogP contribution in [-0.4, -0.2) is 44.2 Å². The minimum Gasteiger partial charge on any atom is -0.481 e. The van der Waals surface area contributed by atoms with Gasteiger partial charge in [0.1, 0.15) is 12.4 Å². The van der Waals surface area contributed by atoms with Crippen molar-refractivity contribution >= 4 is 27.8 Å². The van der Waals surface area contributed by atoms with Gasteiger partial charge in [-0.25, -0.2) is 8.42 Å². The fourth-order valence-corrected chi connectivity index (χ4v) is 3.07. The van der Waals surface area contributed by atoms with Crippen LogP contribution in [-0.2, 0) is 19.7 Å². The normalized spacial score (nSPS) is 10.6. The molecule has 0 aromatic heterocycles. The van der Waals surface area contributed by atoms with Gasteiger partial charge in [0.05, 0.1) is 11.5 Å². The summed E-state index contributed by atoms with van der Waals surface area (Å²) in [5.41, 5.74) is 0. The van der Waals surface area contributed by atoms with Crippen molar-refractivity contribution in [3.8, 4) is 17.6 Å². The van der Waals surface area contributed by atoms with Crippen molar-refractivity contribution in [1.82, 2.24) is 4.89 Å². The van der Waals surface area contributed by atoms with Crippen LogP contribution in [0.2, 0.25) is 0 Å². The average molecular weight is 387 g/mol. The monoisotopic (exact) mass is 387 g/mol. The van der Waals surface area contributed by atoms with Gasteiger partial charge in [0.25, 0.3) is 10.0 Å². The van der Waals surface area contributed by atoms with Crippen LogP contribution < -0.4 is 9.62 Å². The minimum absolute atomic E-state index is 0.0484. The van der Waals surface area contributed by atoms with E-state index in [1.807, 2.05) is 4.89 Å². The first kappa shape index (κ1) is 21.3. The first-order valence-corrected chi connectivity index (χ1v) is 10.2. The summed E-state index contributed by atoms with van der Waals surface area (Å²) in [5, 5.41) is 8.62. The summed E-state index contributed by atoms with van der Waals surface area (Å²) in [6.07, 6.45) is 0.629. The topological polar surface area (TPSA) is 102 Å². The van der Waals surface area contributed by atoms with E-state index in [0.717, 1.165) is 0 Å². The molecule has 0 aliphatic carbocycles. The Hall–Kier alpha value is -1.73. The Kier molecular flexibility index (Phi) is 10.0. The van der Waals surface area contributed by atoms with Crippen LogP contribution in [0, 0.1) is 11.8 Å². The van der Waals surface area contributed by atoms with Crippen molar-refractivity contribution in [2.75, 3.05) is 24.7 Å². The number of nitrogens with one attached hydrogen (secondary N) is 1. The van der Waals surface area contributed by atoms with Crippen molar-refractivity contribution in [2.45, 2.75) is 24.7 Å². The summed E-state index contributed by atoms with van der Waals surface area (Å²) in [6, 6.07) is 5.67. The number of aliphatic hydroxyl groups excluding tert-OH is 1. The van der Waals surface area contributed by atoms with Gasteiger partial charge in [-0.2, -0.15) is 11.8 Å². The molecule has 0 aliphatic rings. The minimum atomic E-state index is -3.95. The molecule has 0 saturated carbocycles. The molecule has 0 atom stereocenters. The maximum Gasteiger partial charge on any atom is 0.326 e. The molecule has 1 aromatic rings. The highest BCUT2D eigenvalue weighted by atomic mass is 32.2. The molecule has 0 heterocycles. The van der Waals surface area contributed by atoms with E-state index < -0.39 is 16.0 Å². The standard InChI is InChI=1S/C16H21NO6S2/c1-2-3-11-22-14-6-8-15(9-7-14)25(20,21)17-23-16(19)5-4-12-24-13-10-18/h6-9,17-18H,4-5,10-13H2,1H3. The second kappa shape index (κ2) is 11.8. The third kappa shape index (κ3) is 8.79. The van der Waals surface area contributed by atoms with Crippen LogP contribution in [0.4, 0.5) is 0 Å². The second-order valence-corrected chi connectivity index (χ2v) is 7.56. The molecule has 0 unspecified atom stereocenters. The smallest absolute Gasteiger partial charge is 0.326 e. The third-order valence-electron chi connectivity index (χ3n) is 2.79. The van der Waals surface area contributed by atoms with Gasteiger partial charge in [-0.15, -0.1) is 5.92 Å². The molecule has 9 heteroatoms. The van der Waals surface area contributed by atoms with Crippen LogP contribution in [0.15, 0.2) is 29.2 Å². The molecular weight excluding hydrogens is 366 g/mol. The lowest BCUT2D eigenvalue weighted by atomic mass is 10.3. The summed E-state index contributed by atoms with van der Waals surface area (Å²) in [7, 11) is -3.95. The molecule has 1 rings (SSSR count). The maximum atomic E-state index is 12.0. The largest absolute Gasteiger partial charge is 0.481 e. The second-order valence-electron chi connectivity index (χ2n) is 4.69. The van der Waals surface area contributed by atoms with E-state index in [1.54, 1.807) is 6.92 Å². The molecule has 0 spiro atoms. The zero-order valence-corrected chi connectivity index (χ0v) is 15.5. The number of ether oxygens (including phenoxy) is 1. The molecule has 0 aliphatic heterocycles. The van der Waals surface area contributed by atoms with Gasteiger partial charge in [-0.1, -0.05) is 5.92 Å². The van der Waals surface area contributed by atoms with Crippen LogP contribution in [0.3, 0.4) is 0 Å². The predicted molar refractivity (Wildman–Crippen MR) is 95.4 cm³/mol. The highest BCUT2D eigenvalue weighted by Gasteiger charge is 2.16. The Balaban J connectivity index is 2.43. The number of thioether (sulfide) groups is 1. The summed E-state index contributed by atoms with van der Waals surface area (Å²) in [4.78, 5) is 17.9. The number of sulfonamides is 1. The number of rotatable bonds is 11. The first-order chi connectivity index (χ1) is 12.0. The van der Waals surface area contributed by atoms with Gasteiger partial charge in [-0.3, -0.25) is 4.79 Å². The summed E-state index contributed by atoms with van der Waals surface area (Å²) >= 11 is 1.51. The van der Waals surface area contributed by atoms with Crippen molar-refractivity contribution in [2.24, 2.45) is 0 Å². The van der Waals surface area contributed by atoms with Crippen LogP contribution in [0.1, 0.15) is 19.8 Å². The third-order valence-corrected chi connectivity index (χ3v) is 5.04. The SMILES string of the molecule is CC#CCOc1ccc(S(=O)(=O)NOC(=O)CCCSCCO)cc1. The van der Waals surface area contributed by atoms with Gasteiger partial charge >= 0.3 is 5.97 Å². The lowest BCUT2D eigenvalue weighted by Crippen LogP contribution is -2.27. The Bertz CT molecular complexity index is 692. The van der Waals surface area contributed by atoms with Gasteiger partial charge in [0.2, 0.25) is 0 Å². The maximum absolute atomic E-state index is 12.0. The van der Waals surface area contributed by atoms with Crippen molar-refractivity contribution < 1.29 is 27.9 Å². The molecule has 1 aromatic carbocycles. The zero-order valence-electron chi connectivity index (χ0n) is 13.9. The Morgan fingerprint density at radius 1 is 1.28 bits per heavy atom. The summed E-state index contributed by atoms with van der Waals surface area (Å²) in [6.45, 7) is 2.00. The van der Waals surface area contributed by atoms with E-state index in [-0.39, 0.29) is 24.5 Å². The van der Waals surface area contributed by atoms with E-state index in [1.165, 1.54) is 36.0 Å². The fourth-order valence-electron chi connectivity index (χ4n) is 1.59. The highest BCUT2D eigenvalue weighted by molar-refractivity contribution is 7.99. The Labute approximate surface area is 152 Å².